The van der Waals surface area contributed by atoms with E-state index in [0.717, 1.165) is 16.0 Å². The van der Waals surface area contributed by atoms with Gasteiger partial charge in [-0.15, -0.1) is 12.4 Å². The molecule has 116 valence electrons. The number of hydrogen-bond acceptors (Lipinski definition) is 5. The Balaban J connectivity index is 0.00000220. The van der Waals surface area contributed by atoms with Crippen LogP contribution in [0.2, 0.25) is 0 Å². The van der Waals surface area contributed by atoms with Gasteiger partial charge in [0.05, 0.1) is 23.4 Å². The van der Waals surface area contributed by atoms with Crippen LogP contribution in [0.15, 0.2) is 18.2 Å². The lowest BCUT2D eigenvalue weighted by molar-refractivity contribution is -0.119. The van der Waals surface area contributed by atoms with Crippen molar-refractivity contribution in [3.63, 3.8) is 0 Å². The molecule has 2 aromatic rings. The van der Waals surface area contributed by atoms with Crippen LogP contribution in [0.1, 0.15) is 20.8 Å². The van der Waals surface area contributed by atoms with E-state index >= 15 is 0 Å². The largest absolute Gasteiger partial charge is 0.497 e. The van der Waals surface area contributed by atoms with Crippen LogP contribution in [-0.2, 0) is 4.79 Å². The molecule has 1 aromatic carbocycles. The Bertz CT molecular complexity index is 637. The standard InChI is InChI=1S/C14H19N3O2S.ClH/c1-14(2,3)11(15)12(18)17-13-16-9-6-5-8(19-4)7-10(9)20-13;/h5-7,11H,15H2,1-4H3,(H,16,17,18);1H/t11-;/m1./s1. The predicted molar refractivity (Wildman–Crippen MR) is 89.5 cm³/mol. The fourth-order valence-corrected chi connectivity index (χ4v) is 2.56. The summed E-state index contributed by atoms with van der Waals surface area (Å²) in [5, 5.41) is 3.33. The van der Waals surface area contributed by atoms with E-state index in [0.29, 0.717) is 5.13 Å². The van der Waals surface area contributed by atoms with E-state index < -0.39 is 6.04 Å². The summed E-state index contributed by atoms with van der Waals surface area (Å²) in [6.45, 7) is 5.79. The first-order valence-corrected chi connectivity index (χ1v) is 7.14. The third-order valence-electron chi connectivity index (χ3n) is 3.04. The van der Waals surface area contributed by atoms with Gasteiger partial charge in [0.15, 0.2) is 5.13 Å². The Morgan fingerprint density at radius 2 is 2.10 bits per heavy atom. The van der Waals surface area contributed by atoms with Crippen molar-refractivity contribution in [1.82, 2.24) is 4.98 Å². The molecule has 0 fully saturated rings. The van der Waals surface area contributed by atoms with Crippen molar-refractivity contribution >= 4 is 45.0 Å². The summed E-state index contributed by atoms with van der Waals surface area (Å²) in [6.07, 6.45) is 0. The molecule has 0 aliphatic carbocycles. The van der Waals surface area contributed by atoms with Gasteiger partial charge in [-0.1, -0.05) is 32.1 Å². The zero-order chi connectivity index (χ0) is 14.9. The molecule has 1 heterocycles. The Morgan fingerprint density at radius 3 is 2.67 bits per heavy atom. The van der Waals surface area contributed by atoms with Crippen LogP contribution in [0, 0.1) is 5.41 Å². The summed E-state index contributed by atoms with van der Waals surface area (Å²) in [7, 11) is 1.62. The van der Waals surface area contributed by atoms with E-state index in [1.165, 1.54) is 11.3 Å². The highest BCUT2D eigenvalue weighted by Crippen LogP contribution is 2.29. The maximum atomic E-state index is 12.1. The molecule has 0 bridgehead atoms. The molecule has 7 heteroatoms. The van der Waals surface area contributed by atoms with Gasteiger partial charge in [0.25, 0.3) is 0 Å². The topological polar surface area (TPSA) is 77.2 Å². The third kappa shape index (κ3) is 4.06. The van der Waals surface area contributed by atoms with Crippen LogP contribution in [0.3, 0.4) is 0 Å². The summed E-state index contributed by atoms with van der Waals surface area (Å²) in [5.41, 5.74) is 6.47. The molecule has 2 rings (SSSR count). The number of hydrogen-bond donors (Lipinski definition) is 2. The lowest BCUT2D eigenvalue weighted by Gasteiger charge is -2.25. The average molecular weight is 330 g/mol. The monoisotopic (exact) mass is 329 g/mol. The zero-order valence-electron chi connectivity index (χ0n) is 12.5. The fourth-order valence-electron chi connectivity index (χ4n) is 1.66. The molecule has 1 atom stereocenters. The minimum atomic E-state index is -0.580. The van der Waals surface area contributed by atoms with Crippen LogP contribution in [-0.4, -0.2) is 24.0 Å². The Hall–Kier alpha value is -1.37. The predicted octanol–water partition coefficient (Wildman–Crippen LogP) is 3.04. The Kier molecular flexibility index (Phi) is 5.55. The van der Waals surface area contributed by atoms with Crippen molar-refractivity contribution in [3.8, 4) is 5.75 Å². The number of thiazole rings is 1. The lowest BCUT2D eigenvalue weighted by atomic mass is 9.87. The van der Waals surface area contributed by atoms with Gasteiger partial charge < -0.3 is 15.8 Å². The van der Waals surface area contributed by atoms with Crippen molar-refractivity contribution in [2.24, 2.45) is 11.1 Å². The number of fused-ring (bicyclic) bond motifs is 1. The SMILES string of the molecule is COc1ccc2nc(NC(=O)[C@@H](N)C(C)(C)C)sc2c1.Cl. The molecule has 0 unspecified atom stereocenters. The summed E-state index contributed by atoms with van der Waals surface area (Å²) in [5.74, 6) is 0.550. The van der Waals surface area contributed by atoms with E-state index in [-0.39, 0.29) is 23.7 Å². The van der Waals surface area contributed by atoms with Crippen LogP contribution in [0.25, 0.3) is 10.2 Å². The normalized spacial score (nSPS) is 12.6. The minimum absolute atomic E-state index is 0. The molecule has 0 spiro atoms. The van der Waals surface area contributed by atoms with Crippen LogP contribution in [0.4, 0.5) is 5.13 Å². The molecule has 3 N–H and O–H groups in total. The number of benzene rings is 1. The van der Waals surface area contributed by atoms with E-state index in [4.69, 9.17) is 10.5 Å². The zero-order valence-corrected chi connectivity index (χ0v) is 14.1. The molecule has 0 saturated carbocycles. The fraction of sp³-hybridized carbons (Fsp3) is 0.429. The third-order valence-corrected chi connectivity index (χ3v) is 3.97. The highest BCUT2D eigenvalue weighted by molar-refractivity contribution is 7.22. The summed E-state index contributed by atoms with van der Waals surface area (Å²) in [4.78, 5) is 16.4. The van der Waals surface area contributed by atoms with Gasteiger partial charge in [-0.2, -0.15) is 0 Å². The van der Waals surface area contributed by atoms with Crippen molar-refractivity contribution in [1.29, 1.82) is 0 Å². The molecule has 0 radical (unpaired) electrons. The molecule has 21 heavy (non-hydrogen) atoms. The van der Waals surface area contributed by atoms with Crippen LogP contribution >= 0.6 is 23.7 Å². The van der Waals surface area contributed by atoms with Crippen molar-refractivity contribution in [2.75, 3.05) is 12.4 Å². The number of halogens is 1. The highest BCUT2D eigenvalue weighted by Gasteiger charge is 2.28. The number of anilines is 1. The molecular weight excluding hydrogens is 310 g/mol. The van der Waals surface area contributed by atoms with E-state index in [9.17, 15) is 4.79 Å². The molecule has 0 aliphatic heterocycles. The van der Waals surface area contributed by atoms with E-state index in [2.05, 4.69) is 10.3 Å². The van der Waals surface area contributed by atoms with Crippen molar-refractivity contribution < 1.29 is 9.53 Å². The number of carbonyl (C=O) groups is 1. The maximum Gasteiger partial charge on any atom is 0.243 e. The first-order valence-electron chi connectivity index (χ1n) is 6.32. The minimum Gasteiger partial charge on any atom is -0.497 e. The molecule has 1 aromatic heterocycles. The molecule has 1 amide bonds. The Morgan fingerprint density at radius 1 is 1.43 bits per heavy atom. The number of ether oxygens (including phenoxy) is 1. The summed E-state index contributed by atoms with van der Waals surface area (Å²) < 4.78 is 6.13. The second-order valence-corrected chi connectivity index (χ2v) is 6.72. The molecule has 0 aliphatic rings. The Labute approximate surface area is 134 Å². The number of methoxy groups -OCH3 is 1. The molecule has 5 nitrogen and oxygen atoms in total. The van der Waals surface area contributed by atoms with Gasteiger partial charge in [0, 0.05) is 0 Å². The molecule has 0 saturated heterocycles. The average Bonchev–Trinajstić information content (AvgIpc) is 2.77. The van der Waals surface area contributed by atoms with Gasteiger partial charge in [-0.25, -0.2) is 4.98 Å². The molecular formula is C14H20ClN3O2S. The smallest absolute Gasteiger partial charge is 0.243 e. The van der Waals surface area contributed by atoms with Gasteiger partial charge in [0.1, 0.15) is 5.75 Å². The van der Waals surface area contributed by atoms with Crippen LogP contribution in [0.5, 0.6) is 5.75 Å². The van der Waals surface area contributed by atoms with Gasteiger partial charge in [-0.05, 0) is 23.6 Å². The number of amides is 1. The van der Waals surface area contributed by atoms with Gasteiger partial charge >= 0.3 is 0 Å². The van der Waals surface area contributed by atoms with Crippen LogP contribution < -0.4 is 15.8 Å². The number of nitrogens with zero attached hydrogens (tertiary/aromatic N) is 1. The van der Waals surface area contributed by atoms with Gasteiger partial charge in [0.2, 0.25) is 5.91 Å². The van der Waals surface area contributed by atoms with Crippen molar-refractivity contribution in [3.05, 3.63) is 18.2 Å². The highest BCUT2D eigenvalue weighted by atomic mass is 35.5. The number of nitrogens with two attached hydrogens (primary N) is 1. The summed E-state index contributed by atoms with van der Waals surface area (Å²) in [6, 6.07) is 5.02. The second kappa shape index (κ2) is 6.60. The number of aromatic nitrogens is 1. The maximum absolute atomic E-state index is 12.1. The first-order chi connectivity index (χ1) is 9.31. The first kappa shape index (κ1) is 17.7. The quantitative estimate of drug-likeness (QED) is 0.907. The van der Waals surface area contributed by atoms with Crippen molar-refractivity contribution in [2.45, 2.75) is 26.8 Å². The number of nitrogens with one attached hydrogen (secondary N) is 1. The number of rotatable bonds is 3. The second-order valence-electron chi connectivity index (χ2n) is 5.69. The van der Waals surface area contributed by atoms with E-state index in [1.807, 2.05) is 39.0 Å². The lowest BCUT2D eigenvalue weighted by Crippen LogP contribution is -2.45. The van der Waals surface area contributed by atoms with E-state index in [1.54, 1.807) is 7.11 Å². The number of carbonyl (C=O) groups excluding carboxylic acids is 1. The van der Waals surface area contributed by atoms with Gasteiger partial charge in [-0.3, -0.25) is 4.79 Å². The summed E-state index contributed by atoms with van der Waals surface area (Å²) >= 11 is 1.40.